The molecule has 1 heterocycles. The molecule has 3 rings (SSSR count). The van der Waals surface area contributed by atoms with Crippen LogP contribution in [-0.4, -0.2) is 51.7 Å². The molecule has 2 aliphatic rings. The predicted molar refractivity (Wildman–Crippen MR) is 128 cm³/mol. The number of hydrogen-bond donors (Lipinski definition) is 2. The molecule has 2 N–H and O–H groups in total. The molecule has 30 heavy (non-hydrogen) atoms. The van der Waals surface area contributed by atoms with E-state index in [0.717, 1.165) is 50.5 Å². The third kappa shape index (κ3) is 7.09. The van der Waals surface area contributed by atoms with Crippen LogP contribution in [0.2, 0.25) is 0 Å². The Morgan fingerprint density at radius 3 is 2.60 bits per heavy atom. The van der Waals surface area contributed by atoms with Gasteiger partial charge >= 0.3 is 0 Å². The average Bonchev–Trinajstić information content (AvgIpc) is 2.79. The molecule has 6 heteroatoms. The van der Waals surface area contributed by atoms with Crippen LogP contribution in [0.5, 0.6) is 0 Å². The molecule has 0 bridgehead atoms. The third-order valence-electron chi connectivity index (χ3n) is 6.34. The van der Waals surface area contributed by atoms with E-state index >= 15 is 0 Å². The van der Waals surface area contributed by atoms with Gasteiger partial charge in [0.15, 0.2) is 5.96 Å². The van der Waals surface area contributed by atoms with Crippen LogP contribution >= 0.6 is 0 Å². The SMILES string of the molecule is CCNC(=NCc1ccccc1CN1CCCCC1)NC1CCCC(S(=O)CC)C1. The molecule has 5 nitrogen and oxygen atoms in total. The summed E-state index contributed by atoms with van der Waals surface area (Å²) in [6.07, 6.45) is 8.36. The van der Waals surface area contributed by atoms with Crippen LogP contribution in [0.4, 0.5) is 0 Å². The molecular weight excluding hydrogens is 392 g/mol. The lowest BCUT2D eigenvalue weighted by Gasteiger charge is -2.30. The molecule has 2 fully saturated rings. The zero-order valence-corrected chi connectivity index (χ0v) is 19.7. The molecule has 1 saturated carbocycles. The Balaban J connectivity index is 1.62. The summed E-state index contributed by atoms with van der Waals surface area (Å²) in [4.78, 5) is 7.50. The highest BCUT2D eigenvalue weighted by Gasteiger charge is 2.26. The second-order valence-electron chi connectivity index (χ2n) is 8.60. The molecule has 1 aliphatic carbocycles. The minimum absolute atomic E-state index is 0.328. The van der Waals surface area contributed by atoms with Gasteiger partial charge in [0.2, 0.25) is 0 Å². The first-order chi connectivity index (χ1) is 14.7. The van der Waals surface area contributed by atoms with E-state index in [-0.39, 0.29) is 0 Å². The molecule has 3 atom stereocenters. The summed E-state index contributed by atoms with van der Waals surface area (Å²) < 4.78 is 12.3. The number of piperidine rings is 1. The van der Waals surface area contributed by atoms with Crippen molar-refractivity contribution in [3.63, 3.8) is 0 Å². The second kappa shape index (κ2) is 12.5. The van der Waals surface area contributed by atoms with Gasteiger partial charge in [-0.25, -0.2) is 4.99 Å². The summed E-state index contributed by atoms with van der Waals surface area (Å²) >= 11 is 0. The highest BCUT2D eigenvalue weighted by molar-refractivity contribution is 7.85. The fourth-order valence-electron chi connectivity index (χ4n) is 4.65. The summed E-state index contributed by atoms with van der Waals surface area (Å²) in [6, 6.07) is 9.10. The number of likely N-dealkylation sites (tertiary alicyclic amines) is 1. The number of benzene rings is 1. The van der Waals surface area contributed by atoms with Crippen LogP contribution in [-0.2, 0) is 23.9 Å². The van der Waals surface area contributed by atoms with Gasteiger partial charge in [-0.05, 0) is 63.2 Å². The third-order valence-corrected chi connectivity index (χ3v) is 8.08. The van der Waals surface area contributed by atoms with Crippen molar-refractivity contribution in [1.82, 2.24) is 15.5 Å². The molecule has 0 amide bonds. The van der Waals surface area contributed by atoms with Crippen LogP contribution in [0.25, 0.3) is 0 Å². The first-order valence-corrected chi connectivity index (χ1v) is 13.3. The molecule has 0 aromatic heterocycles. The number of nitrogens with zero attached hydrogens (tertiary/aromatic N) is 2. The first kappa shape index (κ1) is 23.3. The maximum absolute atomic E-state index is 12.3. The van der Waals surface area contributed by atoms with E-state index in [9.17, 15) is 4.21 Å². The highest BCUT2D eigenvalue weighted by Crippen LogP contribution is 2.23. The Labute approximate surface area is 185 Å². The molecule has 1 aliphatic heterocycles. The summed E-state index contributed by atoms with van der Waals surface area (Å²) in [5, 5.41) is 7.37. The zero-order valence-electron chi connectivity index (χ0n) is 18.9. The molecule has 1 aromatic rings. The van der Waals surface area contributed by atoms with E-state index in [2.05, 4.69) is 46.7 Å². The fraction of sp³-hybridized carbons (Fsp3) is 0.708. The Morgan fingerprint density at radius 2 is 1.87 bits per heavy atom. The molecule has 168 valence electrons. The Morgan fingerprint density at radius 1 is 1.10 bits per heavy atom. The van der Waals surface area contributed by atoms with E-state index < -0.39 is 10.8 Å². The van der Waals surface area contributed by atoms with Gasteiger partial charge in [0.25, 0.3) is 0 Å². The summed E-state index contributed by atoms with van der Waals surface area (Å²) in [5.41, 5.74) is 2.71. The van der Waals surface area contributed by atoms with Crippen LogP contribution in [0.15, 0.2) is 29.3 Å². The first-order valence-electron chi connectivity index (χ1n) is 11.9. The number of nitrogens with one attached hydrogen (secondary N) is 2. The van der Waals surface area contributed by atoms with Gasteiger partial charge in [0.05, 0.1) is 6.54 Å². The molecule has 0 radical (unpaired) electrons. The molecule has 3 unspecified atom stereocenters. The van der Waals surface area contributed by atoms with Gasteiger partial charge in [-0.3, -0.25) is 9.11 Å². The maximum Gasteiger partial charge on any atom is 0.191 e. The number of hydrogen-bond acceptors (Lipinski definition) is 3. The van der Waals surface area contributed by atoms with Gasteiger partial charge in [-0.1, -0.05) is 44.0 Å². The number of rotatable bonds is 8. The minimum atomic E-state index is -0.698. The quantitative estimate of drug-likeness (QED) is 0.484. The molecule has 1 saturated heterocycles. The molecule has 0 spiro atoms. The summed E-state index contributed by atoms with van der Waals surface area (Å²) in [5.74, 6) is 1.65. The van der Waals surface area contributed by atoms with Gasteiger partial charge in [-0.2, -0.15) is 0 Å². The minimum Gasteiger partial charge on any atom is -0.357 e. The van der Waals surface area contributed by atoms with E-state index in [1.165, 1.54) is 43.5 Å². The van der Waals surface area contributed by atoms with Crippen molar-refractivity contribution in [3.8, 4) is 0 Å². The number of aliphatic imine (C=N–C) groups is 1. The molecular formula is C24H40N4OS. The van der Waals surface area contributed by atoms with Crippen LogP contribution in [0.1, 0.15) is 69.9 Å². The van der Waals surface area contributed by atoms with E-state index in [1.54, 1.807) is 0 Å². The van der Waals surface area contributed by atoms with E-state index in [4.69, 9.17) is 4.99 Å². The van der Waals surface area contributed by atoms with E-state index in [1.807, 2.05) is 6.92 Å². The second-order valence-corrected chi connectivity index (χ2v) is 10.6. The fourth-order valence-corrected chi connectivity index (χ4v) is 6.00. The van der Waals surface area contributed by atoms with Crippen molar-refractivity contribution in [3.05, 3.63) is 35.4 Å². The topological polar surface area (TPSA) is 56.7 Å². The smallest absolute Gasteiger partial charge is 0.191 e. The standard InChI is InChI=1S/C24H40N4OS/c1-3-25-24(27-22-13-10-14-23(17-22)30(29)4-2)26-18-20-11-6-7-12-21(20)19-28-15-8-5-9-16-28/h6-7,11-12,22-23H,3-5,8-10,13-19H2,1-2H3,(H2,25,26,27). The Hall–Kier alpha value is -1.40. The largest absolute Gasteiger partial charge is 0.357 e. The van der Waals surface area contributed by atoms with Crippen molar-refractivity contribution in [2.75, 3.05) is 25.4 Å². The normalized spacial score (nSPS) is 24.4. The summed E-state index contributed by atoms with van der Waals surface area (Å²) in [6.45, 7) is 9.13. The average molecular weight is 433 g/mol. The van der Waals surface area contributed by atoms with Crippen molar-refractivity contribution in [1.29, 1.82) is 0 Å². The molecule has 1 aromatic carbocycles. The van der Waals surface area contributed by atoms with Crippen molar-refractivity contribution in [2.24, 2.45) is 4.99 Å². The number of guanidine groups is 1. The van der Waals surface area contributed by atoms with Gasteiger partial charge < -0.3 is 10.6 Å². The maximum atomic E-state index is 12.3. The zero-order chi connectivity index (χ0) is 21.2. The lowest BCUT2D eigenvalue weighted by molar-refractivity contribution is 0.220. The summed E-state index contributed by atoms with van der Waals surface area (Å²) in [7, 11) is -0.698. The van der Waals surface area contributed by atoms with Gasteiger partial charge in [-0.15, -0.1) is 0 Å². The van der Waals surface area contributed by atoms with Crippen molar-refractivity contribution < 1.29 is 4.21 Å². The highest BCUT2D eigenvalue weighted by atomic mass is 32.2. The Bertz CT molecular complexity index is 702. The van der Waals surface area contributed by atoms with Gasteiger partial charge in [0.1, 0.15) is 0 Å². The predicted octanol–water partition coefficient (Wildman–Crippen LogP) is 3.81. The van der Waals surface area contributed by atoms with E-state index in [0.29, 0.717) is 17.8 Å². The van der Waals surface area contributed by atoms with Crippen molar-refractivity contribution in [2.45, 2.75) is 83.2 Å². The van der Waals surface area contributed by atoms with Gasteiger partial charge in [0, 0.05) is 40.9 Å². The monoisotopic (exact) mass is 432 g/mol. The Kier molecular flexibility index (Phi) is 9.66. The van der Waals surface area contributed by atoms with Crippen LogP contribution < -0.4 is 10.6 Å². The lowest BCUT2D eigenvalue weighted by atomic mass is 9.95. The van der Waals surface area contributed by atoms with Crippen LogP contribution in [0, 0.1) is 0 Å². The van der Waals surface area contributed by atoms with Crippen molar-refractivity contribution >= 4 is 16.8 Å². The van der Waals surface area contributed by atoms with Crippen LogP contribution in [0.3, 0.4) is 0 Å². The lowest BCUT2D eigenvalue weighted by Crippen LogP contribution is -2.46.